The zero-order valence-electron chi connectivity index (χ0n) is 34.0. The number of hydrogen-bond acceptors (Lipinski definition) is 4. The van der Waals surface area contributed by atoms with E-state index in [-0.39, 0.29) is 0 Å². The van der Waals surface area contributed by atoms with E-state index in [0.29, 0.717) is 17.6 Å². The standard InChI is InChI=1S/C58H36N4S/c1-5-18-37(19-6-1)39-32-33-43-46-35-34-45-42-26-13-15-30-49(42)58(40-22-9-3-10-23-40,41-24-11-4-12-25-41)52(45)53(46)62(50(43)36-39)57-60-55(38-20-7-2-8-21-38)59-56(61-57)48-29-17-28-47-44-27-14-16-31-51(44)63-54(47)48/h1-36H. The van der Waals surface area contributed by atoms with Gasteiger partial charge in [0, 0.05) is 47.6 Å². The van der Waals surface area contributed by atoms with Crippen LogP contribution < -0.4 is 0 Å². The quantitative estimate of drug-likeness (QED) is 0.168. The highest BCUT2D eigenvalue weighted by Gasteiger charge is 2.48. The fourth-order valence-corrected chi connectivity index (χ4v) is 11.5. The second-order valence-electron chi connectivity index (χ2n) is 16.3. The molecule has 294 valence electrons. The smallest absolute Gasteiger partial charge is 0.238 e. The van der Waals surface area contributed by atoms with Crippen molar-refractivity contribution in [2.45, 2.75) is 5.41 Å². The first-order valence-corrected chi connectivity index (χ1v) is 22.2. The van der Waals surface area contributed by atoms with Crippen molar-refractivity contribution in [2.75, 3.05) is 0 Å². The Kier molecular flexibility index (Phi) is 7.96. The Morgan fingerprint density at radius 1 is 0.397 bits per heavy atom. The van der Waals surface area contributed by atoms with E-state index in [2.05, 4.69) is 217 Å². The first-order valence-electron chi connectivity index (χ1n) is 21.4. The van der Waals surface area contributed by atoms with Crippen LogP contribution in [0.4, 0.5) is 0 Å². The summed E-state index contributed by atoms with van der Waals surface area (Å²) in [6.45, 7) is 0. The minimum absolute atomic E-state index is 0.571. The summed E-state index contributed by atoms with van der Waals surface area (Å²) in [7, 11) is 0. The minimum Gasteiger partial charge on any atom is -0.277 e. The molecule has 63 heavy (non-hydrogen) atoms. The van der Waals surface area contributed by atoms with Crippen LogP contribution in [-0.2, 0) is 5.41 Å². The van der Waals surface area contributed by atoms with Crippen molar-refractivity contribution in [3.63, 3.8) is 0 Å². The zero-order valence-corrected chi connectivity index (χ0v) is 34.8. The van der Waals surface area contributed by atoms with Gasteiger partial charge in [0.1, 0.15) is 0 Å². The average Bonchev–Trinajstić information content (AvgIpc) is 4.01. The van der Waals surface area contributed by atoms with Gasteiger partial charge in [0.05, 0.1) is 16.4 Å². The van der Waals surface area contributed by atoms with E-state index in [9.17, 15) is 0 Å². The molecule has 3 heterocycles. The SMILES string of the molecule is c1ccc(-c2ccc3c4ccc5c(c4n(-c4nc(-c6ccccc6)nc(-c6cccc7c6sc6ccccc67)n4)c3c2)C(c2ccccc2)(c2ccccc2)c2ccccc2-5)cc1. The van der Waals surface area contributed by atoms with Gasteiger partial charge in [-0.2, -0.15) is 9.97 Å². The Hall–Kier alpha value is -7.99. The molecule has 3 aromatic heterocycles. The Labute approximate surface area is 368 Å². The molecule has 5 heteroatoms. The van der Waals surface area contributed by atoms with E-state index >= 15 is 0 Å². The third-order valence-corrected chi connectivity index (χ3v) is 14.2. The second-order valence-corrected chi connectivity index (χ2v) is 17.3. The van der Waals surface area contributed by atoms with Crippen molar-refractivity contribution in [3.8, 4) is 51.0 Å². The van der Waals surface area contributed by atoms with E-state index in [1.165, 1.54) is 48.9 Å². The van der Waals surface area contributed by atoms with Gasteiger partial charge in [-0.1, -0.05) is 200 Å². The summed E-state index contributed by atoms with van der Waals surface area (Å²) in [5.41, 5.74) is 12.9. The van der Waals surface area contributed by atoms with Gasteiger partial charge in [-0.05, 0) is 57.1 Å². The van der Waals surface area contributed by atoms with E-state index in [4.69, 9.17) is 15.0 Å². The molecule has 0 fully saturated rings. The summed E-state index contributed by atoms with van der Waals surface area (Å²) in [5, 5.41) is 4.71. The summed E-state index contributed by atoms with van der Waals surface area (Å²) in [6, 6.07) is 78.6. The zero-order chi connectivity index (χ0) is 41.5. The van der Waals surface area contributed by atoms with Crippen molar-refractivity contribution < 1.29 is 0 Å². The molecule has 0 unspecified atom stereocenters. The molecule has 0 bridgehead atoms. The molecule has 0 saturated carbocycles. The van der Waals surface area contributed by atoms with Crippen LogP contribution >= 0.6 is 11.3 Å². The maximum Gasteiger partial charge on any atom is 0.238 e. The summed E-state index contributed by atoms with van der Waals surface area (Å²) in [4.78, 5) is 16.4. The van der Waals surface area contributed by atoms with Gasteiger partial charge in [0.2, 0.25) is 5.95 Å². The largest absolute Gasteiger partial charge is 0.277 e. The van der Waals surface area contributed by atoms with Crippen molar-refractivity contribution in [3.05, 3.63) is 241 Å². The van der Waals surface area contributed by atoms with Gasteiger partial charge in [0.25, 0.3) is 0 Å². The van der Waals surface area contributed by atoms with Gasteiger partial charge in [-0.25, -0.2) is 4.98 Å². The molecule has 0 radical (unpaired) electrons. The molecular formula is C58H36N4S. The van der Waals surface area contributed by atoms with Gasteiger partial charge in [-0.15, -0.1) is 11.3 Å². The normalized spacial score (nSPS) is 12.9. The predicted molar refractivity (Wildman–Crippen MR) is 261 cm³/mol. The molecule has 0 saturated heterocycles. The Morgan fingerprint density at radius 2 is 1.00 bits per heavy atom. The molecule has 4 nitrogen and oxygen atoms in total. The van der Waals surface area contributed by atoms with Crippen LogP contribution in [0.15, 0.2) is 218 Å². The monoisotopic (exact) mass is 820 g/mol. The molecule has 1 aliphatic rings. The van der Waals surface area contributed by atoms with E-state index in [1.54, 1.807) is 11.3 Å². The van der Waals surface area contributed by atoms with Gasteiger partial charge in [-0.3, -0.25) is 4.57 Å². The Bertz CT molecular complexity index is 3690. The van der Waals surface area contributed by atoms with E-state index in [1.807, 2.05) is 6.07 Å². The molecule has 0 amide bonds. The lowest BCUT2D eigenvalue weighted by atomic mass is 9.67. The van der Waals surface area contributed by atoms with Crippen LogP contribution in [0.3, 0.4) is 0 Å². The Morgan fingerprint density at radius 3 is 1.76 bits per heavy atom. The van der Waals surface area contributed by atoms with Crippen LogP contribution in [0.1, 0.15) is 22.3 Å². The first-order chi connectivity index (χ1) is 31.3. The number of nitrogens with zero attached hydrogens (tertiary/aromatic N) is 4. The van der Waals surface area contributed by atoms with Gasteiger partial charge >= 0.3 is 0 Å². The van der Waals surface area contributed by atoms with Crippen LogP contribution in [0.2, 0.25) is 0 Å². The topological polar surface area (TPSA) is 43.6 Å². The lowest BCUT2D eigenvalue weighted by Gasteiger charge is -2.34. The van der Waals surface area contributed by atoms with Gasteiger partial charge < -0.3 is 0 Å². The second kappa shape index (κ2) is 14.0. The fraction of sp³-hybridized carbons (Fsp3) is 0.0172. The number of hydrogen-bond donors (Lipinski definition) is 0. The lowest BCUT2D eigenvalue weighted by Crippen LogP contribution is -2.29. The fourth-order valence-electron chi connectivity index (χ4n) is 10.3. The molecule has 0 N–H and O–H groups in total. The summed E-state index contributed by atoms with van der Waals surface area (Å²) < 4.78 is 4.75. The van der Waals surface area contributed by atoms with E-state index in [0.717, 1.165) is 48.8 Å². The molecule has 1 aliphatic carbocycles. The summed E-state index contributed by atoms with van der Waals surface area (Å²) in [5.74, 6) is 1.83. The highest BCUT2D eigenvalue weighted by molar-refractivity contribution is 7.26. The highest BCUT2D eigenvalue weighted by atomic mass is 32.1. The predicted octanol–water partition coefficient (Wildman–Crippen LogP) is 14.7. The van der Waals surface area contributed by atoms with E-state index < -0.39 is 5.41 Å². The molecule has 9 aromatic carbocycles. The number of fused-ring (bicyclic) bond motifs is 10. The molecular weight excluding hydrogens is 785 g/mol. The van der Waals surface area contributed by atoms with Crippen molar-refractivity contribution in [2.24, 2.45) is 0 Å². The molecule has 0 aliphatic heterocycles. The molecule has 12 aromatic rings. The lowest BCUT2D eigenvalue weighted by molar-refractivity contribution is 0.770. The first kappa shape index (κ1) is 35.7. The Balaban J connectivity index is 1.21. The third kappa shape index (κ3) is 5.30. The number of thiophene rings is 1. The van der Waals surface area contributed by atoms with Crippen molar-refractivity contribution in [1.82, 2.24) is 19.5 Å². The third-order valence-electron chi connectivity index (χ3n) is 12.9. The van der Waals surface area contributed by atoms with Crippen LogP contribution in [0.25, 0.3) is 93.0 Å². The summed E-state index contributed by atoms with van der Waals surface area (Å²) in [6.07, 6.45) is 0. The highest BCUT2D eigenvalue weighted by Crippen LogP contribution is 2.59. The average molecular weight is 821 g/mol. The van der Waals surface area contributed by atoms with Crippen molar-refractivity contribution >= 4 is 53.3 Å². The van der Waals surface area contributed by atoms with Crippen LogP contribution in [-0.4, -0.2) is 19.5 Å². The molecule has 0 spiro atoms. The van der Waals surface area contributed by atoms with Crippen LogP contribution in [0.5, 0.6) is 0 Å². The van der Waals surface area contributed by atoms with Gasteiger partial charge in [0.15, 0.2) is 11.6 Å². The van der Waals surface area contributed by atoms with Crippen LogP contribution in [0, 0.1) is 0 Å². The number of aromatic nitrogens is 4. The summed E-state index contributed by atoms with van der Waals surface area (Å²) >= 11 is 1.79. The molecule has 0 atom stereocenters. The maximum atomic E-state index is 5.61. The number of benzene rings is 9. The molecule has 13 rings (SSSR count). The van der Waals surface area contributed by atoms with Crippen molar-refractivity contribution in [1.29, 1.82) is 0 Å². The number of rotatable bonds is 6. The minimum atomic E-state index is -0.664. The maximum absolute atomic E-state index is 5.61.